The lowest BCUT2D eigenvalue weighted by atomic mass is 10.0. The van der Waals surface area contributed by atoms with Crippen molar-refractivity contribution < 1.29 is 9.18 Å². The van der Waals surface area contributed by atoms with Gasteiger partial charge in [-0.15, -0.1) is 0 Å². The van der Waals surface area contributed by atoms with Gasteiger partial charge >= 0.3 is 0 Å². The summed E-state index contributed by atoms with van der Waals surface area (Å²) in [6, 6.07) is 7.87. The first kappa shape index (κ1) is 15.1. The number of carbonyl (C=O) groups is 1. The minimum Gasteiger partial charge on any atom is -0.345 e. The number of carbonyl (C=O) groups excluding carboxylic acids is 1. The summed E-state index contributed by atoms with van der Waals surface area (Å²) in [5.41, 5.74) is 1.33. The van der Waals surface area contributed by atoms with Gasteiger partial charge in [-0.25, -0.2) is 4.39 Å². The lowest BCUT2D eigenvalue weighted by Gasteiger charge is -2.36. The van der Waals surface area contributed by atoms with Crippen molar-refractivity contribution in [1.29, 1.82) is 0 Å². The average Bonchev–Trinajstić information content (AvgIpc) is 2.85. The molecule has 6 heteroatoms. The van der Waals surface area contributed by atoms with Crippen LogP contribution in [0.15, 0.2) is 36.5 Å². The third-order valence-corrected chi connectivity index (χ3v) is 4.14. The van der Waals surface area contributed by atoms with Crippen LogP contribution in [0.1, 0.15) is 22.1 Å². The Hall–Kier alpha value is -1.85. The predicted molar refractivity (Wildman–Crippen MR) is 83.5 cm³/mol. The molecule has 1 saturated heterocycles. The maximum Gasteiger partial charge on any atom is 0.271 e. The first-order valence-corrected chi connectivity index (χ1v) is 7.53. The number of nitrogens with zero attached hydrogens (tertiary/aromatic N) is 2. The summed E-state index contributed by atoms with van der Waals surface area (Å²) in [4.78, 5) is 14.6. The molecule has 2 heterocycles. The molecule has 22 heavy (non-hydrogen) atoms. The van der Waals surface area contributed by atoms with Crippen molar-refractivity contribution in [2.45, 2.75) is 6.04 Å². The van der Waals surface area contributed by atoms with E-state index in [1.165, 1.54) is 12.1 Å². The molecule has 3 rings (SSSR count). The second-order valence-electron chi connectivity index (χ2n) is 5.43. The smallest absolute Gasteiger partial charge is 0.271 e. The van der Waals surface area contributed by atoms with Crippen LogP contribution < -0.4 is 5.32 Å². The SMILES string of the molecule is Cn1cc(Cl)cc1C(=O)N1CCNCC1c1cccc(F)c1. The van der Waals surface area contributed by atoms with E-state index in [9.17, 15) is 9.18 Å². The molecule has 1 aromatic heterocycles. The molecule has 1 aromatic carbocycles. The molecule has 4 nitrogen and oxygen atoms in total. The van der Waals surface area contributed by atoms with Crippen molar-refractivity contribution in [3.8, 4) is 0 Å². The molecule has 1 unspecified atom stereocenters. The molecule has 1 amide bonds. The third kappa shape index (κ3) is 2.87. The van der Waals surface area contributed by atoms with Crippen LogP contribution in [0.2, 0.25) is 5.02 Å². The third-order valence-electron chi connectivity index (χ3n) is 3.93. The number of aryl methyl sites for hydroxylation is 1. The van der Waals surface area contributed by atoms with Gasteiger partial charge in [0.25, 0.3) is 5.91 Å². The molecule has 1 N–H and O–H groups in total. The Bertz CT molecular complexity index is 700. The van der Waals surface area contributed by atoms with Crippen LogP contribution in [0.3, 0.4) is 0 Å². The van der Waals surface area contributed by atoms with Crippen molar-refractivity contribution in [2.75, 3.05) is 19.6 Å². The van der Waals surface area contributed by atoms with Crippen molar-refractivity contribution in [2.24, 2.45) is 7.05 Å². The van der Waals surface area contributed by atoms with Gasteiger partial charge in [-0.2, -0.15) is 0 Å². The van der Waals surface area contributed by atoms with E-state index in [0.717, 1.165) is 12.1 Å². The van der Waals surface area contributed by atoms with Gasteiger partial charge in [0.15, 0.2) is 0 Å². The molecule has 1 fully saturated rings. The highest BCUT2D eigenvalue weighted by molar-refractivity contribution is 6.31. The number of nitrogens with one attached hydrogen (secondary N) is 1. The minimum atomic E-state index is -0.294. The van der Waals surface area contributed by atoms with Gasteiger partial charge in [-0.05, 0) is 23.8 Å². The van der Waals surface area contributed by atoms with Gasteiger partial charge in [-0.1, -0.05) is 23.7 Å². The Labute approximate surface area is 133 Å². The largest absolute Gasteiger partial charge is 0.345 e. The monoisotopic (exact) mass is 321 g/mol. The van der Waals surface area contributed by atoms with Gasteiger partial charge in [0.2, 0.25) is 0 Å². The van der Waals surface area contributed by atoms with Crippen molar-refractivity contribution in [3.63, 3.8) is 0 Å². The highest BCUT2D eigenvalue weighted by Crippen LogP contribution is 2.25. The number of halogens is 2. The maximum atomic E-state index is 13.5. The average molecular weight is 322 g/mol. The molecule has 0 radical (unpaired) electrons. The van der Waals surface area contributed by atoms with Crippen LogP contribution in [-0.2, 0) is 7.05 Å². The molecular formula is C16H17ClFN3O. The second kappa shape index (κ2) is 6.10. The molecule has 2 aromatic rings. The molecular weight excluding hydrogens is 305 g/mol. The Balaban J connectivity index is 1.92. The van der Waals surface area contributed by atoms with Gasteiger partial charge in [0, 0.05) is 32.9 Å². The summed E-state index contributed by atoms with van der Waals surface area (Å²) in [6.07, 6.45) is 1.70. The molecule has 1 aliphatic heterocycles. The zero-order valence-electron chi connectivity index (χ0n) is 12.2. The van der Waals surface area contributed by atoms with E-state index in [0.29, 0.717) is 23.8 Å². The molecule has 0 spiro atoms. The van der Waals surface area contributed by atoms with Crippen LogP contribution in [0.4, 0.5) is 4.39 Å². The Kier molecular flexibility index (Phi) is 4.18. The Morgan fingerprint density at radius 3 is 2.91 bits per heavy atom. The van der Waals surface area contributed by atoms with E-state index in [1.807, 2.05) is 6.07 Å². The predicted octanol–water partition coefficient (Wildman–Crippen LogP) is 2.60. The fourth-order valence-corrected chi connectivity index (χ4v) is 3.09. The van der Waals surface area contributed by atoms with E-state index in [4.69, 9.17) is 11.6 Å². The Morgan fingerprint density at radius 1 is 1.41 bits per heavy atom. The fourth-order valence-electron chi connectivity index (χ4n) is 2.84. The fraction of sp³-hybridized carbons (Fsp3) is 0.312. The zero-order valence-corrected chi connectivity index (χ0v) is 13.0. The molecule has 0 saturated carbocycles. The van der Waals surface area contributed by atoms with Crippen molar-refractivity contribution in [3.05, 3.63) is 58.6 Å². The van der Waals surface area contributed by atoms with Gasteiger partial charge < -0.3 is 14.8 Å². The lowest BCUT2D eigenvalue weighted by Crippen LogP contribution is -2.49. The number of hydrogen-bond acceptors (Lipinski definition) is 2. The maximum absolute atomic E-state index is 13.5. The molecule has 0 bridgehead atoms. The summed E-state index contributed by atoms with van der Waals surface area (Å²) in [5.74, 6) is -0.387. The molecule has 1 aliphatic rings. The summed E-state index contributed by atoms with van der Waals surface area (Å²) in [5, 5.41) is 3.79. The topological polar surface area (TPSA) is 37.3 Å². The summed E-state index contributed by atoms with van der Waals surface area (Å²) in [6.45, 7) is 1.89. The second-order valence-corrected chi connectivity index (χ2v) is 5.86. The van der Waals surface area contributed by atoms with E-state index < -0.39 is 0 Å². The van der Waals surface area contributed by atoms with Crippen LogP contribution in [-0.4, -0.2) is 35.0 Å². The van der Waals surface area contributed by atoms with Crippen molar-refractivity contribution >= 4 is 17.5 Å². The minimum absolute atomic E-state index is 0.0924. The van der Waals surface area contributed by atoms with E-state index in [1.54, 1.807) is 34.8 Å². The van der Waals surface area contributed by atoms with Crippen LogP contribution in [0.25, 0.3) is 0 Å². The molecule has 116 valence electrons. The zero-order chi connectivity index (χ0) is 15.7. The highest BCUT2D eigenvalue weighted by atomic mass is 35.5. The number of benzene rings is 1. The van der Waals surface area contributed by atoms with Gasteiger partial charge in [0.1, 0.15) is 11.5 Å². The summed E-state index contributed by atoms with van der Waals surface area (Å²) < 4.78 is 15.2. The van der Waals surface area contributed by atoms with E-state index >= 15 is 0 Å². The normalized spacial score (nSPS) is 18.5. The van der Waals surface area contributed by atoms with Gasteiger partial charge in [0.05, 0.1) is 11.1 Å². The molecule has 1 atom stereocenters. The number of rotatable bonds is 2. The van der Waals surface area contributed by atoms with Crippen LogP contribution >= 0.6 is 11.6 Å². The standard InChI is InChI=1S/C16H17ClFN3O/c1-20-10-12(17)8-14(20)16(22)21-6-5-19-9-15(21)11-3-2-4-13(18)7-11/h2-4,7-8,10,15,19H,5-6,9H2,1H3. The number of amides is 1. The van der Waals surface area contributed by atoms with Gasteiger partial charge in [-0.3, -0.25) is 4.79 Å². The first-order chi connectivity index (χ1) is 10.6. The van der Waals surface area contributed by atoms with E-state index in [2.05, 4.69) is 5.32 Å². The van der Waals surface area contributed by atoms with Crippen LogP contribution in [0.5, 0.6) is 0 Å². The number of aromatic nitrogens is 1. The van der Waals surface area contributed by atoms with Crippen LogP contribution in [0, 0.1) is 5.82 Å². The number of hydrogen-bond donors (Lipinski definition) is 1. The summed E-state index contributed by atoms with van der Waals surface area (Å²) >= 11 is 5.97. The van der Waals surface area contributed by atoms with E-state index in [-0.39, 0.29) is 17.8 Å². The first-order valence-electron chi connectivity index (χ1n) is 7.15. The quantitative estimate of drug-likeness (QED) is 0.923. The number of piperazine rings is 1. The lowest BCUT2D eigenvalue weighted by molar-refractivity contribution is 0.0624. The molecule has 0 aliphatic carbocycles. The van der Waals surface area contributed by atoms with Crippen molar-refractivity contribution in [1.82, 2.24) is 14.8 Å². The Morgan fingerprint density at radius 2 is 2.23 bits per heavy atom. The highest BCUT2D eigenvalue weighted by Gasteiger charge is 2.30. The summed E-state index contributed by atoms with van der Waals surface area (Å²) in [7, 11) is 1.79.